The van der Waals surface area contributed by atoms with Crippen LogP contribution in [0.4, 0.5) is 4.39 Å². The lowest BCUT2D eigenvalue weighted by Crippen LogP contribution is -2.30. The Labute approximate surface area is 160 Å². The van der Waals surface area contributed by atoms with Gasteiger partial charge in [-0.2, -0.15) is 0 Å². The number of hydrogen-bond donors (Lipinski definition) is 0. The molecule has 2 aromatic carbocycles. The van der Waals surface area contributed by atoms with E-state index in [1.807, 2.05) is 12.1 Å². The second-order valence-electron chi connectivity index (χ2n) is 6.88. The Bertz CT molecular complexity index is 887. The molecule has 2 nitrogen and oxygen atoms in total. The van der Waals surface area contributed by atoms with Gasteiger partial charge in [-0.15, -0.1) is 12.4 Å². The molecule has 1 aromatic heterocycles. The number of nitrogens with zero attached hydrogens (tertiary/aromatic N) is 2. The van der Waals surface area contributed by atoms with Crippen LogP contribution in [0.3, 0.4) is 0 Å². The summed E-state index contributed by atoms with van der Waals surface area (Å²) in [6.07, 6.45) is 3.19. The number of benzene rings is 2. The van der Waals surface area contributed by atoms with Gasteiger partial charge in [-0.1, -0.05) is 42.5 Å². The van der Waals surface area contributed by atoms with E-state index in [4.69, 9.17) is 0 Å². The van der Waals surface area contributed by atoms with Gasteiger partial charge in [0, 0.05) is 37.1 Å². The molecule has 4 heteroatoms. The minimum Gasteiger partial charge on any atom is -0.347 e. The highest BCUT2D eigenvalue weighted by Gasteiger charge is 2.17. The minimum atomic E-state index is -0.134. The highest BCUT2D eigenvalue weighted by atomic mass is 35.5. The van der Waals surface area contributed by atoms with Crippen LogP contribution in [0.5, 0.6) is 0 Å². The molecule has 0 spiro atoms. The summed E-state index contributed by atoms with van der Waals surface area (Å²) in [6, 6.07) is 17.9. The molecule has 0 bridgehead atoms. The molecule has 0 fully saturated rings. The fraction of sp³-hybridized carbons (Fsp3) is 0.273. The van der Waals surface area contributed by atoms with Gasteiger partial charge in [0.05, 0.1) is 6.54 Å². The molecule has 26 heavy (non-hydrogen) atoms. The summed E-state index contributed by atoms with van der Waals surface area (Å²) >= 11 is 0. The van der Waals surface area contributed by atoms with Crippen molar-refractivity contribution < 1.29 is 4.39 Å². The highest BCUT2D eigenvalue weighted by Crippen LogP contribution is 2.22. The molecule has 0 saturated heterocycles. The van der Waals surface area contributed by atoms with Crippen molar-refractivity contribution in [3.05, 3.63) is 94.6 Å². The Hall–Kier alpha value is -2.10. The van der Waals surface area contributed by atoms with Crippen molar-refractivity contribution in [2.24, 2.45) is 0 Å². The summed E-state index contributed by atoms with van der Waals surface area (Å²) in [5, 5.41) is 0. The molecule has 0 amide bonds. The topological polar surface area (TPSA) is 8.17 Å². The summed E-state index contributed by atoms with van der Waals surface area (Å²) in [7, 11) is 0. The Morgan fingerprint density at radius 2 is 1.62 bits per heavy atom. The first kappa shape index (κ1) is 18.7. The summed E-state index contributed by atoms with van der Waals surface area (Å²) < 4.78 is 16.1. The summed E-state index contributed by atoms with van der Waals surface area (Å²) in [4.78, 5) is 2.50. The molecule has 1 aliphatic rings. The maximum atomic E-state index is 13.9. The van der Waals surface area contributed by atoms with Gasteiger partial charge in [0.25, 0.3) is 0 Å². The van der Waals surface area contributed by atoms with E-state index < -0.39 is 0 Å². The number of hydrogen-bond acceptors (Lipinski definition) is 1. The second kappa shape index (κ2) is 8.07. The minimum absolute atomic E-state index is 0. The molecule has 0 unspecified atom stereocenters. The van der Waals surface area contributed by atoms with E-state index in [0.717, 1.165) is 31.6 Å². The largest absolute Gasteiger partial charge is 0.347 e. The number of aromatic nitrogens is 1. The fourth-order valence-corrected chi connectivity index (χ4v) is 3.68. The fourth-order valence-electron chi connectivity index (χ4n) is 3.68. The van der Waals surface area contributed by atoms with Gasteiger partial charge < -0.3 is 4.57 Å². The van der Waals surface area contributed by atoms with Crippen molar-refractivity contribution in [1.29, 1.82) is 0 Å². The maximum Gasteiger partial charge on any atom is 0.128 e. The molecule has 0 aliphatic carbocycles. The summed E-state index contributed by atoms with van der Waals surface area (Å²) in [5.41, 5.74) is 6.21. The van der Waals surface area contributed by atoms with Crippen LogP contribution in [-0.2, 0) is 26.1 Å². The third-order valence-corrected chi connectivity index (χ3v) is 5.25. The van der Waals surface area contributed by atoms with E-state index in [2.05, 4.69) is 52.9 Å². The second-order valence-corrected chi connectivity index (χ2v) is 6.88. The first-order valence-corrected chi connectivity index (χ1v) is 8.88. The molecular weight excluding hydrogens is 347 g/mol. The van der Waals surface area contributed by atoms with Crippen LogP contribution in [-0.4, -0.2) is 16.0 Å². The van der Waals surface area contributed by atoms with Crippen molar-refractivity contribution in [1.82, 2.24) is 9.47 Å². The predicted octanol–water partition coefficient (Wildman–Crippen LogP) is 4.96. The van der Waals surface area contributed by atoms with Gasteiger partial charge in [0.15, 0.2) is 0 Å². The van der Waals surface area contributed by atoms with E-state index in [1.54, 1.807) is 6.07 Å². The first-order chi connectivity index (χ1) is 12.2. The number of halogens is 2. The van der Waals surface area contributed by atoms with Crippen LogP contribution in [0.25, 0.3) is 0 Å². The van der Waals surface area contributed by atoms with Gasteiger partial charge in [0.2, 0.25) is 0 Å². The molecule has 0 radical (unpaired) electrons. The lowest BCUT2D eigenvalue weighted by atomic mass is 9.99. The van der Waals surface area contributed by atoms with Gasteiger partial charge in [-0.05, 0) is 42.2 Å². The molecule has 136 valence electrons. The third-order valence-electron chi connectivity index (χ3n) is 5.25. The average molecular weight is 371 g/mol. The van der Waals surface area contributed by atoms with Crippen molar-refractivity contribution in [3.8, 4) is 0 Å². The molecule has 1 aliphatic heterocycles. The average Bonchev–Trinajstić information content (AvgIpc) is 2.97. The number of fused-ring (bicyclic) bond motifs is 1. The van der Waals surface area contributed by atoms with Crippen molar-refractivity contribution in [3.63, 3.8) is 0 Å². The Kier molecular flexibility index (Phi) is 5.80. The van der Waals surface area contributed by atoms with Crippen LogP contribution in [0.1, 0.15) is 27.9 Å². The van der Waals surface area contributed by atoms with E-state index in [9.17, 15) is 4.39 Å². The Morgan fingerprint density at radius 1 is 0.885 bits per heavy atom. The zero-order valence-corrected chi connectivity index (χ0v) is 15.8. The van der Waals surface area contributed by atoms with Crippen LogP contribution >= 0.6 is 12.4 Å². The van der Waals surface area contributed by atoms with E-state index in [-0.39, 0.29) is 18.2 Å². The van der Waals surface area contributed by atoms with Crippen LogP contribution in [0.15, 0.2) is 60.8 Å². The maximum absolute atomic E-state index is 13.9. The van der Waals surface area contributed by atoms with Crippen LogP contribution < -0.4 is 0 Å². The zero-order chi connectivity index (χ0) is 17.2. The van der Waals surface area contributed by atoms with E-state index >= 15 is 0 Å². The molecule has 0 saturated carbocycles. The van der Waals surface area contributed by atoms with Crippen LogP contribution in [0, 0.1) is 12.7 Å². The SMILES string of the molecule is Cc1c(CN2CCc3ccccc3C2)ccn1Cc1ccccc1F.Cl. The van der Waals surface area contributed by atoms with Crippen LogP contribution in [0.2, 0.25) is 0 Å². The van der Waals surface area contributed by atoms with E-state index in [1.165, 1.54) is 28.5 Å². The molecular formula is C22H24ClFN2. The number of rotatable bonds is 4. The highest BCUT2D eigenvalue weighted by molar-refractivity contribution is 5.85. The summed E-state index contributed by atoms with van der Waals surface area (Å²) in [5.74, 6) is -0.134. The normalized spacial score (nSPS) is 13.9. The van der Waals surface area contributed by atoms with Gasteiger partial charge in [-0.25, -0.2) is 4.39 Å². The predicted molar refractivity (Wildman–Crippen MR) is 106 cm³/mol. The van der Waals surface area contributed by atoms with Crippen molar-refractivity contribution in [2.45, 2.75) is 33.0 Å². The third kappa shape index (κ3) is 3.84. The molecule has 3 aromatic rings. The van der Waals surface area contributed by atoms with Gasteiger partial charge >= 0.3 is 0 Å². The smallest absolute Gasteiger partial charge is 0.128 e. The molecule has 0 atom stereocenters. The first-order valence-electron chi connectivity index (χ1n) is 8.88. The lowest BCUT2D eigenvalue weighted by molar-refractivity contribution is 0.245. The van der Waals surface area contributed by atoms with E-state index in [0.29, 0.717) is 6.54 Å². The molecule has 0 N–H and O–H groups in total. The Balaban J connectivity index is 0.00000196. The zero-order valence-electron chi connectivity index (χ0n) is 15.0. The van der Waals surface area contributed by atoms with Gasteiger partial charge in [-0.3, -0.25) is 4.90 Å². The quantitative estimate of drug-likeness (QED) is 0.629. The standard InChI is InChI=1S/C22H23FN2.ClH/c1-17-19(11-13-25(17)16-21-8-4-5-9-22(21)23)14-24-12-10-18-6-2-3-7-20(18)15-24;/h2-9,11,13H,10,12,14-16H2,1H3;1H. The van der Waals surface area contributed by atoms with Gasteiger partial charge in [0.1, 0.15) is 5.82 Å². The van der Waals surface area contributed by atoms with Crippen molar-refractivity contribution >= 4 is 12.4 Å². The molecule has 4 rings (SSSR count). The summed E-state index contributed by atoms with van der Waals surface area (Å²) in [6.45, 7) is 5.77. The lowest BCUT2D eigenvalue weighted by Gasteiger charge is -2.28. The van der Waals surface area contributed by atoms with Crippen molar-refractivity contribution in [2.75, 3.05) is 6.54 Å². The Morgan fingerprint density at radius 3 is 2.42 bits per heavy atom. The molecule has 2 heterocycles. The monoisotopic (exact) mass is 370 g/mol.